The van der Waals surface area contributed by atoms with Gasteiger partial charge in [-0.05, 0) is 55.9 Å². The van der Waals surface area contributed by atoms with Gasteiger partial charge in [-0.3, -0.25) is 4.79 Å². The maximum Gasteiger partial charge on any atom is 0.324 e. The lowest BCUT2D eigenvalue weighted by Gasteiger charge is -2.23. The van der Waals surface area contributed by atoms with Crippen LogP contribution in [-0.4, -0.2) is 27.5 Å². The molecule has 0 unspecified atom stereocenters. The van der Waals surface area contributed by atoms with Crippen LogP contribution in [-0.2, 0) is 19.6 Å². The van der Waals surface area contributed by atoms with Gasteiger partial charge in [-0.1, -0.05) is 26.3 Å². The number of hydrogen-bond donors (Lipinski definition) is 1. The Bertz CT molecular complexity index is 669. The summed E-state index contributed by atoms with van der Waals surface area (Å²) in [5.41, 5.74) is 3.22. The molecule has 0 aliphatic carbocycles. The lowest BCUT2D eigenvalue weighted by Crippen LogP contribution is -2.45. The van der Waals surface area contributed by atoms with Crippen LogP contribution in [0.1, 0.15) is 42.5 Å². The van der Waals surface area contributed by atoms with E-state index in [1.165, 1.54) is 7.11 Å². The Balaban J connectivity index is 3.40. The minimum Gasteiger partial charge on any atom is -0.468 e. The molecule has 1 N–H and O–H groups in total. The molecule has 0 aliphatic heterocycles. The third-order valence-electron chi connectivity index (χ3n) is 4.52. The summed E-state index contributed by atoms with van der Waals surface area (Å²) in [6, 6.07) is 1.07. The van der Waals surface area contributed by atoms with E-state index in [2.05, 4.69) is 4.72 Å². The van der Waals surface area contributed by atoms with Crippen molar-refractivity contribution in [2.24, 2.45) is 5.92 Å². The lowest BCUT2D eigenvalue weighted by molar-refractivity contribution is -0.143. The molecule has 0 saturated carbocycles. The maximum atomic E-state index is 12.9. The van der Waals surface area contributed by atoms with Crippen LogP contribution in [0.5, 0.6) is 0 Å². The van der Waals surface area contributed by atoms with Crippen molar-refractivity contribution in [3.63, 3.8) is 0 Å². The molecular weight excluding hydrogens is 314 g/mol. The number of carbonyl (C=O) groups is 1. The molecule has 0 aliphatic rings. The topological polar surface area (TPSA) is 72.5 Å². The third kappa shape index (κ3) is 4.12. The normalized spacial score (nSPS) is 14.4. The number of carbonyl (C=O) groups excluding carboxylic acids is 1. The van der Waals surface area contributed by atoms with Gasteiger partial charge in [0.15, 0.2) is 0 Å². The zero-order valence-corrected chi connectivity index (χ0v) is 15.8. The highest BCUT2D eigenvalue weighted by Gasteiger charge is 2.32. The average molecular weight is 341 g/mol. The fraction of sp³-hybridized carbons (Fsp3) is 0.588. The van der Waals surface area contributed by atoms with Crippen LogP contribution < -0.4 is 4.72 Å². The molecule has 0 saturated heterocycles. The van der Waals surface area contributed by atoms with Crippen molar-refractivity contribution < 1.29 is 17.9 Å². The van der Waals surface area contributed by atoms with Crippen molar-refractivity contribution in [2.45, 2.75) is 58.9 Å². The molecule has 2 atom stereocenters. The summed E-state index contributed by atoms with van der Waals surface area (Å²) >= 11 is 0. The number of hydrogen-bond acceptors (Lipinski definition) is 4. The molecule has 0 fully saturated rings. The van der Waals surface area contributed by atoms with Gasteiger partial charge in [0, 0.05) is 0 Å². The first kappa shape index (κ1) is 19.6. The molecule has 6 heteroatoms. The Hall–Kier alpha value is -1.40. The second-order valence-corrected chi connectivity index (χ2v) is 7.75. The van der Waals surface area contributed by atoms with Crippen LogP contribution in [0.2, 0.25) is 0 Å². The summed E-state index contributed by atoms with van der Waals surface area (Å²) in [4.78, 5) is 12.2. The molecule has 0 radical (unpaired) electrons. The Labute approximate surface area is 139 Å². The Kier molecular flexibility index (Phi) is 6.36. The highest BCUT2D eigenvalue weighted by atomic mass is 32.2. The minimum atomic E-state index is -3.83. The fourth-order valence-electron chi connectivity index (χ4n) is 2.57. The second kappa shape index (κ2) is 7.45. The first-order chi connectivity index (χ1) is 10.6. The van der Waals surface area contributed by atoms with Gasteiger partial charge in [0.1, 0.15) is 6.04 Å². The quantitative estimate of drug-likeness (QED) is 0.808. The van der Waals surface area contributed by atoms with Gasteiger partial charge in [0.25, 0.3) is 0 Å². The standard InChI is InChI=1S/C17H27NO4S/c1-8-10(2)15(17(19)22-7)18-23(20,21)16-13(5)11(3)9-12(4)14(16)6/h9-10,15,18H,8H2,1-7H3/t10-,15-/m1/s1. The number of benzene rings is 1. The minimum absolute atomic E-state index is 0.163. The van der Waals surface area contributed by atoms with E-state index in [4.69, 9.17) is 4.74 Å². The van der Waals surface area contributed by atoms with Gasteiger partial charge in [-0.25, -0.2) is 8.42 Å². The molecule has 1 rings (SSSR count). The van der Waals surface area contributed by atoms with E-state index in [0.717, 1.165) is 11.1 Å². The number of nitrogens with one attached hydrogen (secondary N) is 1. The van der Waals surface area contributed by atoms with Crippen LogP contribution in [0.3, 0.4) is 0 Å². The van der Waals surface area contributed by atoms with Crippen LogP contribution in [0.25, 0.3) is 0 Å². The predicted octanol–water partition coefficient (Wildman–Crippen LogP) is 2.79. The van der Waals surface area contributed by atoms with Crippen molar-refractivity contribution in [1.29, 1.82) is 0 Å². The molecule has 5 nitrogen and oxygen atoms in total. The molecule has 0 bridgehead atoms. The molecule has 0 aromatic heterocycles. The maximum absolute atomic E-state index is 12.9. The summed E-state index contributed by atoms with van der Waals surface area (Å²) in [6.45, 7) is 11.1. The van der Waals surface area contributed by atoms with E-state index in [1.807, 2.05) is 33.8 Å². The van der Waals surface area contributed by atoms with E-state index < -0.39 is 22.0 Å². The highest BCUT2D eigenvalue weighted by Crippen LogP contribution is 2.26. The number of methoxy groups -OCH3 is 1. The van der Waals surface area contributed by atoms with Crippen LogP contribution in [0, 0.1) is 33.6 Å². The molecule has 23 heavy (non-hydrogen) atoms. The predicted molar refractivity (Wildman–Crippen MR) is 91.0 cm³/mol. The number of aryl methyl sites for hydroxylation is 2. The smallest absolute Gasteiger partial charge is 0.324 e. The van der Waals surface area contributed by atoms with Crippen molar-refractivity contribution in [1.82, 2.24) is 4.72 Å². The highest BCUT2D eigenvalue weighted by molar-refractivity contribution is 7.89. The van der Waals surface area contributed by atoms with E-state index >= 15 is 0 Å². The lowest BCUT2D eigenvalue weighted by atomic mass is 10.0. The van der Waals surface area contributed by atoms with Crippen molar-refractivity contribution in [2.75, 3.05) is 7.11 Å². The largest absolute Gasteiger partial charge is 0.468 e. The van der Waals surface area contributed by atoms with Gasteiger partial charge in [-0.15, -0.1) is 0 Å². The summed E-state index contributed by atoms with van der Waals surface area (Å²) in [6.07, 6.45) is 0.660. The van der Waals surface area contributed by atoms with Crippen molar-refractivity contribution in [3.05, 3.63) is 28.3 Å². The summed E-state index contributed by atoms with van der Waals surface area (Å²) < 4.78 is 33.1. The Morgan fingerprint density at radius 1 is 1.17 bits per heavy atom. The molecule has 1 aromatic rings. The molecule has 0 heterocycles. The van der Waals surface area contributed by atoms with E-state index in [-0.39, 0.29) is 10.8 Å². The van der Waals surface area contributed by atoms with E-state index in [9.17, 15) is 13.2 Å². The van der Waals surface area contributed by atoms with E-state index in [1.54, 1.807) is 13.8 Å². The summed E-state index contributed by atoms with van der Waals surface area (Å²) in [7, 11) is -2.56. The first-order valence-corrected chi connectivity index (χ1v) is 9.22. The zero-order valence-electron chi connectivity index (χ0n) is 15.0. The Morgan fingerprint density at radius 3 is 2.04 bits per heavy atom. The number of esters is 1. The van der Waals surface area contributed by atoms with Crippen LogP contribution >= 0.6 is 0 Å². The van der Waals surface area contributed by atoms with Gasteiger partial charge >= 0.3 is 5.97 Å². The average Bonchev–Trinajstić information content (AvgIpc) is 2.49. The first-order valence-electron chi connectivity index (χ1n) is 7.74. The van der Waals surface area contributed by atoms with Gasteiger partial charge in [-0.2, -0.15) is 4.72 Å². The molecular formula is C17H27NO4S. The van der Waals surface area contributed by atoms with Gasteiger partial charge < -0.3 is 4.74 Å². The third-order valence-corrected chi connectivity index (χ3v) is 6.23. The summed E-state index contributed by atoms with van der Waals surface area (Å²) in [5, 5.41) is 0. The second-order valence-electron chi connectivity index (χ2n) is 6.10. The molecule has 0 amide bonds. The van der Waals surface area contributed by atoms with E-state index in [0.29, 0.717) is 17.5 Å². The van der Waals surface area contributed by atoms with Gasteiger partial charge in [0.05, 0.1) is 12.0 Å². The zero-order chi connectivity index (χ0) is 17.9. The fourth-order valence-corrected chi connectivity index (χ4v) is 4.48. The SMILES string of the molecule is CC[C@@H](C)[C@@H](NS(=O)(=O)c1c(C)c(C)cc(C)c1C)C(=O)OC. The van der Waals surface area contributed by atoms with Gasteiger partial charge in [0.2, 0.25) is 10.0 Å². The number of ether oxygens (including phenoxy) is 1. The Morgan fingerprint density at radius 2 is 1.65 bits per heavy atom. The number of sulfonamides is 1. The van der Waals surface area contributed by atoms with Crippen molar-refractivity contribution >= 4 is 16.0 Å². The number of rotatable bonds is 6. The molecule has 1 aromatic carbocycles. The monoisotopic (exact) mass is 341 g/mol. The van der Waals surface area contributed by atoms with Crippen molar-refractivity contribution in [3.8, 4) is 0 Å². The van der Waals surface area contributed by atoms with Crippen LogP contribution in [0.4, 0.5) is 0 Å². The molecule has 130 valence electrons. The van der Waals surface area contributed by atoms with Crippen LogP contribution in [0.15, 0.2) is 11.0 Å². The molecule has 0 spiro atoms. The summed E-state index contributed by atoms with van der Waals surface area (Å²) in [5.74, 6) is -0.730.